The molecule has 0 bridgehead atoms. The lowest BCUT2D eigenvalue weighted by molar-refractivity contribution is -0.142. The number of ether oxygens (including phenoxy) is 3. The van der Waals surface area contributed by atoms with E-state index in [1.54, 1.807) is 31.2 Å². The van der Waals surface area contributed by atoms with Crippen molar-refractivity contribution in [2.24, 2.45) is 0 Å². The van der Waals surface area contributed by atoms with Crippen molar-refractivity contribution in [3.05, 3.63) is 51.6 Å². The number of benzene rings is 1. The number of amides is 1. The van der Waals surface area contributed by atoms with E-state index in [1.807, 2.05) is 0 Å². The highest BCUT2D eigenvalue weighted by molar-refractivity contribution is 6.36. The van der Waals surface area contributed by atoms with Crippen LogP contribution in [0.2, 0.25) is 10.0 Å². The van der Waals surface area contributed by atoms with Crippen LogP contribution in [-0.4, -0.2) is 30.3 Å². The molecule has 2 aromatic rings. The van der Waals surface area contributed by atoms with Crippen molar-refractivity contribution < 1.29 is 23.8 Å². The summed E-state index contributed by atoms with van der Waals surface area (Å²) in [5.74, 6) is 0.157. The number of esters is 1. The molecule has 0 aliphatic carbocycles. The SMILES string of the molecule is Cc1nc(NC(=O)COC(=O)C=Cc2ccc3c(c2)OCO3)c(Cl)cc1Cl. The monoisotopic (exact) mass is 408 g/mol. The molecule has 9 heteroatoms. The summed E-state index contributed by atoms with van der Waals surface area (Å²) < 4.78 is 15.4. The second-order valence-electron chi connectivity index (χ2n) is 5.49. The van der Waals surface area contributed by atoms with Gasteiger partial charge in [0, 0.05) is 6.08 Å². The summed E-state index contributed by atoms with van der Waals surface area (Å²) in [6, 6.07) is 6.71. The summed E-state index contributed by atoms with van der Waals surface area (Å²) >= 11 is 11.9. The Labute approximate surface area is 164 Å². The Morgan fingerprint density at radius 3 is 2.81 bits per heavy atom. The number of rotatable bonds is 5. The van der Waals surface area contributed by atoms with Crippen LogP contribution in [-0.2, 0) is 14.3 Å². The minimum absolute atomic E-state index is 0.149. The molecule has 0 saturated carbocycles. The highest BCUT2D eigenvalue weighted by Crippen LogP contribution is 2.32. The zero-order valence-corrected chi connectivity index (χ0v) is 15.6. The minimum atomic E-state index is -0.672. The number of fused-ring (bicyclic) bond motifs is 1. The molecule has 0 radical (unpaired) electrons. The number of pyridine rings is 1. The van der Waals surface area contributed by atoms with Gasteiger partial charge in [-0.1, -0.05) is 29.3 Å². The van der Waals surface area contributed by atoms with Crippen molar-refractivity contribution in [3.8, 4) is 11.5 Å². The first-order valence-electron chi connectivity index (χ1n) is 7.79. The average Bonchev–Trinajstić information content (AvgIpc) is 3.10. The zero-order chi connectivity index (χ0) is 19.4. The molecule has 1 aliphatic rings. The summed E-state index contributed by atoms with van der Waals surface area (Å²) in [5.41, 5.74) is 1.24. The van der Waals surface area contributed by atoms with Crippen LogP contribution < -0.4 is 14.8 Å². The lowest BCUT2D eigenvalue weighted by Gasteiger charge is -2.08. The van der Waals surface area contributed by atoms with Crippen molar-refractivity contribution in [3.63, 3.8) is 0 Å². The van der Waals surface area contributed by atoms with Gasteiger partial charge < -0.3 is 19.5 Å². The first-order chi connectivity index (χ1) is 12.9. The summed E-state index contributed by atoms with van der Waals surface area (Å²) in [4.78, 5) is 27.7. The van der Waals surface area contributed by atoms with E-state index >= 15 is 0 Å². The maximum atomic E-state index is 11.9. The predicted molar refractivity (Wildman–Crippen MR) is 100 cm³/mol. The Morgan fingerprint density at radius 2 is 2.00 bits per heavy atom. The Bertz CT molecular complexity index is 930. The Balaban J connectivity index is 1.51. The molecule has 1 N–H and O–H groups in total. The molecule has 0 spiro atoms. The number of aryl methyl sites for hydroxylation is 1. The van der Waals surface area contributed by atoms with Crippen molar-refractivity contribution in [2.75, 3.05) is 18.7 Å². The third-order valence-corrected chi connectivity index (χ3v) is 4.19. The molecular formula is C18H14Cl2N2O5. The van der Waals surface area contributed by atoms with E-state index in [2.05, 4.69) is 10.3 Å². The molecule has 0 saturated heterocycles. The topological polar surface area (TPSA) is 86.8 Å². The van der Waals surface area contributed by atoms with Crippen LogP contribution in [0.4, 0.5) is 5.82 Å². The number of halogens is 2. The van der Waals surface area contributed by atoms with Gasteiger partial charge in [0.05, 0.1) is 15.7 Å². The fourth-order valence-corrected chi connectivity index (χ4v) is 2.59. The summed E-state index contributed by atoms with van der Waals surface area (Å²) in [6.07, 6.45) is 2.76. The predicted octanol–water partition coefficient (Wildman–Crippen LogP) is 3.62. The lowest BCUT2D eigenvalue weighted by atomic mass is 10.2. The largest absolute Gasteiger partial charge is 0.454 e. The standard InChI is InChI=1S/C18H14Cl2N2O5/c1-10-12(19)7-13(20)18(21-10)22-16(23)8-25-17(24)5-3-11-2-4-14-15(6-11)27-9-26-14/h2-7H,8-9H2,1H3,(H,21,22,23). The highest BCUT2D eigenvalue weighted by atomic mass is 35.5. The Kier molecular flexibility index (Phi) is 5.83. The summed E-state index contributed by atoms with van der Waals surface area (Å²) in [5, 5.41) is 3.04. The minimum Gasteiger partial charge on any atom is -0.454 e. The molecule has 1 aromatic heterocycles. The van der Waals surface area contributed by atoms with Gasteiger partial charge in [0.15, 0.2) is 23.9 Å². The third kappa shape index (κ3) is 4.90. The number of nitrogens with one attached hydrogen (secondary N) is 1. The van der Waals surface area contributed by atoms with E-state index in [-0.39, 0.29) is 17.6 Å². The number of carbonyl (C=O) groups excluding carboxylic acids is 2. The molecule has 3 rings (SSSR count). The van der Waals surface area contributed by atoms with E-state index in [9.17, 15) is 9.59 Å². The molecule has 0 unspecified atom stereocenters. The summed E-state index contributed by atoms with van der Waals surface area (Å²) in [6.45, 7) is 1.37. The van der Waals surface area contributed by atoms with Gasteiger partial charge in [-0.05, 0) is 36.8 Å². The van der Waals surface area contributed by atoms with E-state index in [0.717, 1.165) is 5.56 Å². The van der Waals surface area contributed by atoms with Crippen LogP contribution >= 0.6 is 23.2 Å². The Hall–Kier alpha value is -2.77. The van der Waals surface area contributed by atoms with Crippen molar-refractivity contribution in [1.29, 1.82) is 0 Å². The molecule has 27 heavy (non-hydrogen) atoms. The molecule has 0 fully saturated rings. The van der Waals surface area contributed by atoms with Crippen LogP contribution in [0, 0.1) is 6.92 Å². The van der Waals surface area contributed by atoms with Gasteiger partial charge in [0.2, 0.25) is 6.79 Å². The molecule has 2 heterocycles. The second-order valence-corrected chi connectivity index (χ2v) is 6.30. The van der Waals surface area contributed by atoms with Crippen molar-refractivity contribution in [1.82, 2.24) is 4.98 Å². The first-order valence-corrected chi connectivity index (χ1v) is 8.55. The van der Waals surface area contributed by atoms with Gasteiger partial charge in [-0.25, -0.2) is 9.78 Å². The third-order valence-electron chi connectivity index (χ3n) is 3.52. The maximum absolute atomic E-state index is 11.9. The molecule has 1 amide bonds. The van der Waals surface area contributed by atoms with Gasteiger partial charge in [-0.15, -0.1) is 0 Å². The van der Waals surface area contributed by atoms with E-state index in [1.165, 1.54) is 12.1 Å². The van der Waals surface area contributed by atoms with E-state index in [0.29, 0.717) is 22.2 Å². The fourth-order valence-electron chi connectivity index (χ4n) is 2.18. The normalized spacial score (nSPS) is 12.3. The second kappa shape index (κ2) is 8.28. The zero-order valence-electron chi connectivity index (χ0n) is 14.1. The van der Waals surface area contributed by atoms with Crippen molar-refractivity contribution >= 4 is 47.0 Å². The highest BCUT2D eigenvalue weighted by Gasteiger charge is 2.13. The van der Waals surface area contributed by atoms with Gasteiger partial charge >= 0.3 is 5.97 Å². The number of hydrogen-bond donors (Lipinski definition) is 1. The fraction of sp³-hybridized carbons (Fsp3) is 0.167. The van der Waals surface area contributed by atoms with Gasteiger partial charge in [-0.2, -0.15) is 0 Å². The maximum Gasteiger partial charge on any atom is 0.331 e. The molecule has 1 aromatic carbocycles. The van der Waals surface area contributed by atoms with Crippen LogP contribution in [0.15, 0.2) is 30.3 Å². The first kappa shape index (κ1) is 19.0. The lowest BCUT2D eigenvalue weighted by Crippen LogP contribution is -2.21. The summed E-state index contributed by atoms with van der Waals surface area (Å²) in [7, 11) is 0. The van der Waals surface area contributed by atoms with E-state index in [4.69, 9.17) is 37.4 Å². The number of nitrogens with zero attached hydrogens (tertiary/aromatic N) is 1. The van der Waals surface area contributed by atoms with E-state index < -0.39 is 18.5 Å². The molecule has 1 aliphatic heterocycles. The molecular weight excluding hydrogens is 395 g/mol. The molecule has 7 nitrogen and oxygen atoms in total. The molecule has 140 valence electrons. The van der Waals surface area contributed by atoms with Gasteiger partial charge in [0.25, 0.3) is 5.91 Å². The number of carbonyl (C=O) groups is 2. The smallest absolute Gasteiger partial charge is 0.331 e. The number of aromatic nitrogens is 1. The van der Waals surface area contributed by atoms with Crippen molar-refractivity contribution in [2.45, 2.75) is 6.92 Å². The van der Waals surface area contributed by atoms with Gasteiger partial charge in [0.1, 0.15) is 0 Å². The van der Waals surface area contributed by atoms with Crippen LogP contribution in [0.3, 0.4) is 0 Å². The van der Waals surface area contributed by atoms with Crippen LogP contribution in [0.1, 0.15) is 11.3 Å². The molecule has 0 atom stereocenters. The number of anilines is 1. The Morgan fingerprint density at radius 1 is 1.22 bits per heavy atom. The van der Waals surface area contributed by atoms with Crippen LogP contribution in [0.25, 0.3) is 6.08 Å². The average molecular weight is 409 g/mol. The van der Waals surface area contributed by atoms with Gasteiger partial charge in [-0.3, -0.25) is 4.79 Å². The quantitative estimate of drug-likeness (QED) is 0.600. The van der Waals surface area contributed by atoms with Crippen LogP contribution in [0.5, 0.6) is 11.5 Å². The number of hydrogen-bond acceptors (Lipinski definition) is 6.